The summed E-state index contributed by atoms with van der Waals surface area (Å²) in [5.41, 5.74) is 0. The topological polar surface area (TPSA) is 15.3 Å². The molecule has 2 heterocycles. The van der Waals surface area contributed by atoms with Gasteiger partial charge >= 0.3 is 0 Å². The highest BCUT2D eigenvalue weighted by atomic mass is 15.2. The van der Waals surface area contributed by atoms with Gasteiger partial charge in [-0.25, -0.2) is 0 Å². The molecule has 0 aromatic heterocycles. The maximum atomic E-state index is 3.61. The molecule has 2 rings (SSSR count). The van der Waals surface area contributed by atoms with E-state index < -0.39 is 0 Å². The second-order valence-corrected chi connectivity index (χ2v) is 6.13. The van der Waals surface area contributed by atoms with Crippen LogP contribution in [-0.4, -0.2) is 36.6 Å². The largest absolute Gasteiger partial charge is 0.314 e. The fourth-order valence-electron chi connectivity index (χ4n) is 3.45. The van der Waals surface area contributed by atoms with Crippen LogP contribution in [0, 0.1) is 5.92 Å². The number of hydrogen-bond acceptors (Lipinski definition) is 2. The van der Waals surface area contributed by atoms with Crippen LogP contribution in [0.4, 0.5) is 0 Å². The third-order valence-electron chi connectivity index (χ3n) is 4.85. The van der Waals surface area contributed by atoms with Gasteiger partial charge in [-0.15, -0.1) is 0 Å². The number of piperidine rings is 1. The molecule has 2 heteroatoms. The van der Waals surface area contributed by atoms with Crippen molar-refractivity contribution in [3.8, 4) is 0 Å². The third-order valence-corrected chi connectivity index (χ3v) is 4.85. The maximum absolute atomic E-state index is 3.61. The zero-order chi connectivity index (χ0) is 12.1. The summed E-state index contributed by atoms with van der Waals surface area (Å²) >= 11 is 0. The molecule has 0 bridgehead atoms. The average molecular weight is 238 g/mol. The summed E-state index contributed by atoms with van der Waals surface area (Å²) in [7, 11) is 0. The fourth-order valence-corrected chi connectivity index (χ4v) is 3.45. The van der Waals surface area contributed by atoms with Gasteiger partial charge in [-0.1, -0.05) is 13.3 Å². The van der Waals surface area contributed by atoms with Crippen LogP contribution in [-0.2, 0) is 0 Å². The highest BCUT2D eigenvalue weighted by Gasteiger charge is 2.24. The maximum Gasteiger partial charge on any atom is 0.00680 e. The van der Waals surface area contributed by atoms with Gasteiger partial charge in [0, 0.05) is 18.6 Å². The van der Waals surface area contributed by atoms with Gasteiger partial charge in [0.15, 0.2) is 0 Å². The van der Waals surface area contributed by atoms with Crippen molar-refractivity contribution in [1.29, 1.82) is 0 Å². The van der Waals surface area contributed by atoms with Crippen molar-refractivity contribution in [2.75, 3.05) is 19.6 Å². The van der Waals surface area contributed by atoms with Gasteiger partial charge in [0.25, 0.3) is 0 Å². The van der Waals surface area contributed by atoms with Gasteiger partial charge < -0.3 is 10.2 Å². The summed E-state index contributed by atoms with van der Waals surface area (Å²) in [6.45, 7) is 8.70. The minimum Gasteiger partial charge on any atom is -0.314 e. The van der Waals surface area contributed by atoms with Crippen LogP contribution in [0.2, 0.25) is 0 Å². The zero-order valence-corrected chi connectivity index (χ0v) is 11.8. The molecular formula is C15H30N2. The summed E-state index contributed by atoms with van der Waals surface area (Å²) in [5.74, 6) is 0.968. The average Bonchev–Trinajstić information content (AvgIpc) is 2.84. The Bertz CT molecular complexity index is 211. The van der Waals surface area contributed by atoms with Crippen molar-refractivity contribution in [1.82, 2.24) is 10.2 Å². The van der Waals surface area contributed by atoms with E-state index in [1.807, 2.05) is 0 Å². The minimum absolute atomic E-state index is 0.828. The van der Waals surface area contributed by atoms with E-state index in [0.29, 0.717) is 0 Å². The number of nitrogens with zero attached hydrogens (tertiary/aromatic N) is 1. The molecule has 0 amide bonds. The summed E-state index contributed by atoms with van der Waals surface area (Å²) in [5, 5.41) is 3.61. The summed E-state index contributed by atoms with van der Waals surface area (Å²) in [4.78, 5) is 2.74. The molecule has 1 N–H and O–H groups in total. The Hall–Kier alpha value is -0.0800. The van der Waals surface area contributed by atoms with Crippen molar-refractivity contribution in [3.63, 3.8) is 0 Å². The fraction of sp³-hybridized carbons (Fsp3) is 1.00. The van der Waals surface area contributed by atoms with E-state index in [1.54, 1.807) is 0 Å². The van der Waals surface area contributed by atoms with E-state index in [2.05, 4.69) is 24.1 Å². The molecule has 2 nitrogen and oxygen atoms in total. The van der Waals surface area contributed by atoms with Crippen LogP contribution in [0.25, 0.3) is 0 Å². The number of hydrogen-bond donors (Lipinski definition) is 1. The predicted octanol–water partition coefficient (Wildman–Crippen LogP) is 3.03. The molecule has 2 fully saturated rings. The standard InChI is InChI=1S/C15H30N2/c1-3-14-9-8-13(2)17(12-14)11-5-7-15-6-4-10-16-15/h13-16H,3-12H2,1-2H3. The van der Waals surface area contributed by atoms with E-state index in [4.69, 9.17) is 0 Å². The van der Waals surface area contributed by atoms with Crippen LogP contribution < -0.4 is 5.32 Å². The molecule has 3 atom stereocenters. The Balaban J connectivity index is 1.65. The van der Waals surface area contributed by atoms with Crippen molar-refractivity contribution in [2.24, 2.45) is 5.92 Å². The molecule has 2 saturated heterocycles. The van der Waals surface area contributed by atoms with Gasteiger partial charge in [0.1, 0.15) is 0 Å². The number of nitrogens with one attached hydrogen (secondary N) is 1. The van der Waals surface area contributed by atoms with Crippen LogP contribution >= 0.6 is 0 Å². The van der Waals surface area contributed by atoms with Gasteiger partial charge in [0.05, 0.1) is 0 Å². The first-order valence-electron chi connectivity index (χ1n) is 7.77. The molecule has 100 valence electrons. The van der Waals surface area contributed by atoms with Crippen LogP contribution in [0.5, 0.6) is 0 Å². The Morgan fingerprint density at radius 2 is 2.12 bits per heavy atom. The molecule has 0 radical (unpaired) electrons. The normalized spacial score (nSPS) is 35.3. The van der Waals surface area contributed by atoms with E-state index >= 15 is 0 Å². The SMILES string of the molecule is CCC1CCC(C)N(CCCC2CCCN2)C1. The highest BCUT2D eigenvalue weighted by molar-refractivity contribution is 4.79. The first-order valence-corrected chi connectivity index (χ1v) is 7.77. The second kappa shape index (κ2) is 6.75. The van der Waals surface area contributed by atoms with Crippen molar-refractivity contribution < 1.29 is 0 Å². The number of rotatable bonds is 5. The van der Waals surface area contributed by atoms with Gasteiger partial charge in [-0.2, -0.15) is 0 Å². The van der Waals surface area contributed by atoms with Crippen molar-refractivity contribution in [3.05, 3.63) is 0 Å². The minimum atomic E-state index is 0.828. The first-order chi connectivity index (χ1) is 8.29. The molecular weight excluding hydrogens is 208 g/mol. The summed E-state index contributed by atoms with van der Waals surface area (Å²) in [6, 6.07) is 1.66. The van der Waals surface area contributed by atoms with Gasteiger partial charge in [-0.05, 0) is 64.5 Å². The molecule has 0 aliphatic carbocycles. The molecule has 0 spiro atoms. The third kappa shape index (κ3) is 3.96. The quantitative estimate of drug-likeness (QED) is 0.792. The van der Waals surface area contributed by atoms with Crippen LogP contribution in [0.1, 0.15) is 58.8 Å². The summed E-state index contributed by atoms with van der Waals surface area (Å²) < 4.78 is 0. The highest BCUT2D eigenvalue weighted by Crippen LogP contribution is 2.24. The Kier molecular flexibility index (Phi) is 5.30. The lowest BCUT2D eigenvalue weighted by molar-refractivity contribution is 0.113. The molecule has 2 aliphatic rings. The molecule has 0 aromatic rings. The molecule has 3 unspecified atom stereocenters. The van der Waals surface area contributed by atoms with Gasteiger partial charge in [0.2, 0.25) is 0 Å². The van der Waals surface area contributed by atoms with E-state index in [-0.39, 0.29) is 0 Å². The van der Waals surface area contributed by atoms with E-state index in [9.17, 15) is 0 Å². The van der Waals surface area contributed by atoms with Crippen molar-refractivity contribution >= 4 is 0 Å². The van der Waals surface area contributed by atoms with E-state index in [0.717, 1.165) is 18.0 Å². The van der Waals surface area contributed by atoms with Crippen LogP contribution in [0.3, 0.4) is 0 Å². The Morgan fingerprint density at radius 3 is 2.82 bits per heavy atom. The Morgan fingerprint density at radius 1 is 1.24 bits per heavy atom. The van der Waals surface area contributed by atoms with Gasteiger partial charge in [-0.3, -0.25) is 0 Å². The van der Waals surface area contributed by atoms with Crippen LogP contribution in [0.15, 0.2) is 0 Å². The smallest absolute Gasteiger partial charge is 0.00680 e. The monoisotopic (exact) mass is 238 g/mol. The van der Waals surface area contributed by atoms with E-state index in [1.165, 1.54) is 64.6 Å². The predicted molar refractivity (Wildman–Crippen MR) is 74.3 cm³/mol. The number of likely N-dealkylation sites (tertiary alicyclic amines) is 1. The lowest BCUT2D eigenvalue weighted by Gasteiger charge is -2.38. The molecule has 0 saturated carbocycles. The Labute approximate surface area is 107 Å². The molecule has 17 heavy (non-hydrogen) atoms. The molecule has 0 aromatic carbocycles. The lowest BCUT2D eigenvalue weighted by atomic mass is 9.91. The lowest BCUT2D eigenvalue weighted by Crippen LogP contribution is -2.42. The van der Waals surface area contributed by atoms with Crippen molar-refractivity contribution in [2.45, 2.75) is 70.9 Å². The summed E-state index contributed by atoms with van der Waals surface area (Å²) in [6.07, 6.45) is 9.82. The second-order valence-electron chi connectivity index (χ2n) is 6.13. The zero-order valence-electron chi connectivity index (χ0n) is 11.8. The molecule has 2 aliphatic heterocycles. The first kappa shape index (κ1) is 13.4.